The Bertz CT molecular complexity index is 607. The van der Waals surface area contributed by atoms with E-state index in [4.69, 9.17) is 5.73 Å². The predicted octanol–water partition coefficient (Wildman–Crippen LogP) is 1.55. The number of nitrogens with zero attached hydrogens (tertiary/aromatic N) is 3. The molecule has 1 aromatic carbocycles. The molecule has 6 heteroatoms. The second kappa shape index (κ2) is 6.81. The SMILES string of the molecule is Cc1cc(C)nc(NC(N)=NC[C@H](O)c2ccccc2)n1. The maximum absolute atomic E-state index is 10.0. The standard InChI is InChI=1S/C15H19N5O/c1-10-8-11(2)19-15(18-10)20-14(16)17-9-13(21)12-6-4-3-5-7-12/h3-8,13,21H,9H2,1-2H3,(H3,16,17,18,19,20)/t13-/m0/s1. The zero-order valence-electron chi connectivity index (χ0n) is 12.1. The van der Waals surface area contributed by atoms with Crippen LogP contribution in [0.25, 0.3) is 0 Å². The predicted molar refractivity (Wildman–Crippen MR) is 83.0 cm³/mol. The molecule has 4 N–H and O–H groups in total. The van der Waals surface area contributed by atoms with Gasteiger partial charge < -0.3 is 10.8 Å². The fourth-order valence-electron chi connectivity index (χ4n) is 1.90. The molecule has 2 rings (SSSR count). The van der Waals surface area contributed by atoms with Crippen LogP contribution in [0, 0.1) is 13.8 Å². The summed E-state index contributed by atoms with van der Waals surface area (Å²) >= 11 is 0. The first-order chi connectivity index (χ1) is 10.0. The third-order valence-corrected chi connectivity index (χ3v) is 2.84. The van der Waals surface area contributed by atoms with Gasteiger partial charge in [0.25, 0.3) is 0 Å². The summed E-state index contributed by atoms with van der Waals surface area (Å²) in [5.41, 5.74) is 8.28. The smallest absolute Gasteiger partial charge is 0.229 e. The number of nitrogens with one attached hydrogen (secondary N) is 1. The van der Waals surface area contributed by atoms with Crippen LogP contribution in [0.4, 0.5) is 5.95 Å². The number of nitrogens with two attached hydrogens (primary N) is 1. The van der Waals surface area contributed by atoms with Gasteiger partial charge in [-0.3, -0.25) is 10.3 Å². The van der Waals surface area contributed by atoms with Crippen molar-refractivity contribution in [2.45, 2.75) is 20.0 Å². The topological polar surface area (TPSA) is 96.4 Å². The lowest BCUT2D eigenvalue weighted by Gasteiger charge is -2.09. The second-order valence-corrected chi connectivity index (χ2v) is 4.75. The van der Waals surface area contributed by atoms with Crippen LogP contribution in [0.2, 0.25) is 0 Å². The minimum Gasteiger partial charge on any atom is -0.386 e. The number of rotatable bonds is 4. The molecule has 0 saturated heterocycles. The van der Waals surface area contributed by atoms with Crippen LogP contribution >= 0.6 is 0 Å². The first kappa shape index (κ1) is 14.9. The van der Waals surface area contributed by atoms with Crippen LogP contribution < -0.4 is 11.1 Å². The van der Waals surface area contributed by atoms with Crippen molar-refractivity contribution in [1.29, 1.82) is 0 Å². The van der Waals surface area contributed by atoms with E-state index >= 15 is 0 Å². The molecular formula is C15H19N5O. The van der Waals surface area contributed by atoms with Gasteiger partial charge in [0.05, 0.1) is 12.6 Å². The number of guanidine groups is 1. The number of aliphatic hydroxyl groups excluding tert-OH is 1. The van der Waals surface area contributed by atoms with E-state index in [0.717, 1.165) is 17.0 Å². The minimum absolute atomic E-state index is 0.174. The molecule has 0 aliphatic heterocycles. The van der Waals surface area contributed by atoms with Gasteiger partial charge >= 0.3 is 0 Å². The third kappa shape index (κ3) is 4.54. The van der Waals surface area contributed by atoms with Crippen molar-refractivity contribution < 1.29 is 5.11 Å². The number of hydrogen-bond donors (Lipinski definition) is 3. The van der Waals surface area contributed by atoms with E-state index in [0.29, 0.717) is 5.95 Å². The molecule has 0 aliphatic rings. The van der Waals surface area contributed by atoms with Gasteiger partial charge in [-0.25, -0.2) is 9.97 Å². The summed E-state index contributed by atoms with van der Waals surface area (Å²) in [5, 5.41) is 12.8. The van der Waals surface area contributed by atoms with E-state index in [2.05, 4.69) is 20.3 Å². The van der Waals surface area contributed by atoms with Crippen molar-refractivity contribution in [3.8, 4) is 0 Å². The van der Waals surface area contributed by atoms with Crippen LogP contribution in [-0.4, -0.2) is 27.6 Å². The Balaban J connectivity index is 1.98. The zero-order chi connectivity index (χ0) is 15.2. The maximum Gasteiger partial charge on any atom is 0.229 e. The normalized spacial score (nSPS) is 13.0. The van der Waals surface area contributed by atoms with Gasteiger partial charge in [0.15, 0.2) is 5.96 Å². The highest BCUT2D eigenvalue weighted by Gasteiger charge is 2.06. The molecular weight excluding hydrogens is 266 g/mol. The van der Waals surface area contributed by atoms with Gasteiger partial charge in [0.2, 0.25) is 5.95 Å². The van der Waals surface area contributed by atoms with Crippen LogP contribution in [0.1, 0.15) is 23.1 Å². The lowest BCUT2D eigenvalue weighted by atomic mass is 10.1. The molecule has 21 heavy (non-hydrogen) atoms. The lowest BCUT2D eigenvalue weighted by molar-refractivity contribution is 0.187. The Morgan fingerprint density at radius 3 is 2.48 bits per heavy atom. The number of aromatic nitrogens is 2. The van der Waals surface area contributed by atoms with E-state index in [1.807, 2.05) is 50.2 Å². The fraction of sp³-hybridized carbons (Fsp3) is 0.267. The number of hydrogen-bond acceptors (Lipinski definition) is 4. The van der Waals surface area contributed by atoms with Crippen molar-refractivity contribution in [2.75, 3.05) is 11.9 Å². The number of aliphatic hydroxyl groups is 1. The van der Waals surface area contributed by atoms with Gasteiger partial charge in [0, 0.05) is 11.4 Å². The molecule has 0 aliphatic carbocycles. The Labute approximate surface area is 123 Å². The van der Waals surface area contributed by atoms with Crippen molar-refractivity contribution >= 4 is 11.9 Å². The Kier molecular flexibility index (Phi) is 4.84. The number of anilines is 1. The maximum atomic E-state index is 10.0. The molecule has 0 amide bonds. The largest absolute Gasteiger partial charge is 0.386 e. The molecule has 0 unspecified atom stereocenters. The van der Waals surface area contributed by atoms with E-state index < -0.39 is 6.10 Å². The van der Waals surface area contributed by atoms with Gasteiger partial charge in [-0.1, -0.05) is 30.3 Å². The molecule has 0 spiro atoms. The van der Waals surface area contributed by atoms with Crippen LogP contribution in [-0.2, 0) is 0 Å². The average Bonchev–Trinajstić information content (AvgIpc) is 2.44. The summed E-state index contributed by atoms with van der Waals surface area (Å²) < 4.78 is 0. The Hall–Kier alpha value is -2.47. The molecule has 0 radical (unpaired) electrons. The quantitative estimate of drug-likeness (QED) is 0.585. The summed E-state index contributed by atoms with van der Waals surface area (Å²) in [5.74, 6) is 0.581. The highest BCUT2D eigenvalue weighted by Crippen LogP contribution is 2.12. The summed E-state index contributed by atoms with van der Waals surface area (Å²) in [6.45, 7) is 3.94. The van der Waals surface area contributed by atoms with E-state index in [1.165, 1.54) is 0 Å². The molecule has 1 aromatic heterocycles. The molecule has 110 valence electrons. The molecule has 0 fully saturated rings. The van der Waals surface area contributed by atoms with Crippen molar-refractivity contribution in [1.82, 2.24) is 9.97 Å². The average molecular weight is 285 g/mol. The van der Waals surface area contributed by atoms with Crippen LogP contribution in [0.15, 0.2) is 41.4 Å². The summed E-state index contributed by atoms with van der Waals surface area (Å²) in [6, 6.07) is 11.2. The Morgan fingerprint density at radius 2 is 1.86 bits per heavy atom. The van der Waals surface area contributed by atoms with Crippen molar-refractivity contribution in [2.24, 2.45) is 10.7 Å². The first-order valence-corrected chi connectivity index (χ1v) is 6.67. The number of aliphatic imine (C=N–C) groups is 1. The summed E-state index contributed by atoms with van der Waals surface area (Å²) in [4.78, 5) is 12.5. The van der Waals surface area contributed by atoms with E-state index in [9.17, 15) is 5.11 Å². The van der Waals surface area contributed by atoms with Crippen LogP contribution in [0.5, 0.6) is 0 Å². The highest BCUT2D eigenvalue weighted by molar-refractivity contribution is 5.90. The first-order valence-electron chi connectivity index (χ1n) is 6.67. The lowest BCUT2D eigenvalue weighted by Crippen LogP contribution is -2.25. The van der Waals surface area contributed by atoms with E-state index in [-0.39, 0.29) is 12.5 Å². The summed E-state index contributed by atoms with van der Waals surface area (Å²) in [6.07, 6.45) is -0.688. The summed E-state index contributed by atoms with van der Waals surface area (Å²) in [7, 11) is 0. The van der Waals surface area contributed by atoms with Gasteiger partial charge in [0.1, 0.15) is 0 Å². The van der Waals surface area contributed by atoms with Gasteiger partial charge in [-0.05, 0) is 25.5 Å². The minimum atomic E-state index is -0.688. The molecule has 0 bridgehead atoms. The van der Waals surface area contributed by atoms with E-state index in [1.54, 1.807) is 0 Å². The molecule has 6 nitrogen and oxygen atoms in total. The fourth-order valence-corrected chi connectivity index (χ4v) is 1.90. The van der Waals surface area contributed by atoms with Gasteiger partial charge in [-0.15, -0.1) is 0 Å². The van der Waals surface area contributed by atoms with Crippen LogP contribution in [0.3, 0.4) is 0 Å². The molecule has 0 saturated carbocycles. The van der Waals surface area contributed by atoms with Crippen molar-refractivity contribution in [3.63, 3.8) is 0 Å². The van der Waals surface area contributed by atoms with Crippen molar-refractivity contribution in [3.05, 3.63) is 53.3 Å². The number of aryl methyl sites for hydroxylation is 2. The van der Waals surface area contributed by atoms with Gasteiger partial charge in [-0.2, -0.15) is 0 Å². The molecule has 1 atom stereocenters. The molecule has 2 aromatic rings. The second-order valence-electron chi connectivity index (χ2n) is 4.75. The Morgan fingerprint density at radius 1 is 1.24 bits per heavy atom. The monoisotopic (exact) mass is 285 g/mol. The third-order valence-electron chi connectivity index (χ3n) is 2.84. The zero-order valence-corrected chi connectivity index (χ0v) is 12.1. The highest BCUT2D eigenvalue weighted by atomic mass is 16.3. The number of benzene rings is 1. The molecule has 1 heterocycles.